The van der Waals surface area contributed by atoms with E-state index in [4.69, 9.17) is 0 Å². The standard InChI is InChI=1S/2C11H9.2CH3.2ClH.H2Si.Zr/c2*1-2-6-10(7-3-1)11-8-4-5-9-11;;;;;;/h2*1-3,6-9H,4H2;2*1H3;2*1H;1H2;/q4*-1;;;;. The SMILES string of the molecule is Cl.Cl.[C-]1=CC(c2ccccc2)=CC1.[C-]1=CC(c2ccccc2)=CC1.[CH3-].[CH3-].[SiH2]=[Zr]. The molecule has 0 atom stereocenters. The molecule has 0 radical (unpaired) electrons. The first-order chi connectivity index (χ1) is 11.9. The van der Waals surface area contributed by atoms with Crippen LogP contribution in [0.3, 0.4) is 0 Å². The Kier molecular flexibility index (Phi) is 22.0. The molecular formula is C24H28Cl2SiZr-4. The van der Waals surface area contributed by atoms with Crippen LogP contribution in [0, 0.1) is 27.0 Å². The first-order valence-corrected chi connectivity index (χ1v) is 13.9. The van der Waals surface area contributed by atoms with Gasteiger partial charge in [0.1, 0.15) is 0 Å². The summed E-state index contributed by atoms with van der Waals surface area (Å²) in [5.74, 6) is 0. The molecule has 0 bridgehead atoms. The third kappa shape index (κ3) is 10.6. The number of hydrogen-bond donors (Lipinski definition) is 0. The van der Waals surface area contributed by atoms with Gasteiger partial charge in [0.2, 0.25) is 0 Å². The van der Waals surface area contributed by atoms with Crippen LogP contribution in [-0.4, -0.2) is 6.88 Å². The summed E-state index contributed by atoms with van der Waals surface area (Å²) in [6.07, 6.45) is 16.7. The van der Waals surface area contributed by atoms with Crippen molar-refractivity contribution < 1.29 is 23.3 Å². The quantitative estimate of drug-likeness (QED) is 0.323. The Morgan fingerprint density at radius 1 is 0.607 bits per heavy atom. The van der Waals surface area contributed by atoms with E-state index in [-0.39, 0.29) is 39.7 Å². The molecule has 4 heteroatoms. The van der Waals surface area contributed by atoms with E-state index in [0.29, 0.717) is 0 Å². The van der Waals surface area contributed by atoms with Crippen molar-refractivity contribution in [2.75, 3.05) is 0 Å². The van der Waals surface area contributed by atoms with Gasteiger partial charge in [-0.25, -0.2) is 12.2 Å². The zero-order valence-corrected chi connectivity index (χ0v) is 22.0. The van der Waals surface area contributed by atoms with E-state index in [1.807, 2.05) is 19.0 Å². The van der Waals surface area contributed by atoms with Crippen molar-refractivity contribution in [3.05, 3.63) is 123 Å². The normalized spacial score (nSPS) is 12.0. The van der Waals surface area contributed by atoms with Gasteiger partial charge in [0.15, 0.2) is 0 Å². The third-order valence-electron chi connectivity index (χ3n) is 3.61. The van der Waals surface area contributed by atoms with Crippen molar-refractivity contribution in [2.24, 2.45) is 0 Å². The summed E-state index contributed by atoms with van der Waals surface area (Å²) in [5.41, 5.74) is 5.17. The van der Waals surface area contributed by atoms with Crippen LogP contribution in [0.5, 0.6) is 0 Å². The fraction of sp³-hybridized carbons (Fsp3) is 0.0833. The monoisotopic (exact) mass is 504 g/mol. The van der Waals surface area contributed by atoms with Crippen LogP contribution in [0.2, 0.25) is 0 Å². The molecule has 2 aromatic rings. The molecule has 2 aliphatic carbocycles. The average Bonchev–Trinajstić information content (AvgIpc) is 3.39. The van der Waals surface area contributed by atoms with E-state index in [9.17, 15) is 0 Å². The molecule has 0 spiro atoms. The van der Waals surface area contributed by atoms with Crippen molar-refractivity contribution in [3.63, 3.8) is 0 Å². The Hall–Kier alpha value is -0.920. The number of benzene rings is 2. The number of allylic oxidation sites excluding steroid dienone is 8. The van der Waals surface area contributed by atoms with Gasteiger partial charge in [0.05, 0.1) is 0 Å². The summed E-state index contributed by atoms with van der Waals surface area (Å²) in [5, 5.41) is 0. The Balaban J connectivity index is -0.000000363. The Labute approximate surface area is 200 Å². The molecule has 150 valence electrons. The Bertz CT molecular complexity index is 685. The zero-order chi connectivity index (χ0) is 17.0. The van der Waals surface area contributed by atoms with Crippen molar-refractivity contribution in [1.29, 1.82) is 0 Å². The molecule has 0 fully saturated rings. The fourth-order valence-electron chi connectivity index (χ4n) is 2.46. The summed E-state index contributed by atoms with van der Waals surface area (Å²) < 4.78 is 0. The molecule has 0 saturated heterocycles. The van der Waals surface area contributed by atoms with Gasteiger partial charge in [-0.2, -0.15) is 23.3 Å². The van der Waals surface area contributed by atoms with Gasteiger partial charge in [-0.05, 0) is 0 Å². The van der Waals surface area contributed by atoms with Gasteiger partial charge in [-0.15, -0.1) is 48.8 Å². The molecule has 0 amide bonds. The van der Waals surface area contributed by atoms with Crippen molar-refractivity contribution in [3.8, 4) is 0 Å². The first kappa shape index (κ1) is 31.8. The zero-order valence-electron chi connectivity index (χ0n) is 16.5. The maximum atomic E-state index is 3.15. The van der Waals surface area contributed by atoms with Crippen molar-refractivity contribution in [1.82, 2.24) is 0 Å². The van der Waals surface area contributed by atoms with Gasteiger partial charge in [0.25, 0.3) is 0 Å². The van der Waals surface area contributed by atoms with Crippen molar-refractivity contribution >= 4 is 42.8 Å². The minimum atomic E-state index is 0. The molecule has 28 heavy (non-hydrogen) atoms. The molecule has 0 aromatic heterocycles. The summed E-state index contributed by atoms with van der Waals surface area (Å²) >= 11 is 1.58. The molecule has 0 saturated carbocycles. The van der Waals surface area contributed by atoms with Gasteiger partial charge >= 0.3 is 30.2 Å². The van der Waals surface area contributed by atoms with Crippen LogP contribution in [0.1, 0.15) is 24.0 Å². The molecule has 2 aliphatic rings. The third-order valence-corrected chi connectivity index (χ3v) is 3.61. The topological polar surface area (TPSA) is 0 Å². The molecule has 0 unspecified atom stereocenters. The number of rotatable bonds is 2. The predicted octanol–water partition coefficient (Wildman–Crippen LogP) is 6.49. The molecule has 0 aliphatic heterocycles. The second kappa shape index (κ2) is 19.4. The Morgan fingerprint density at radius 3 is 1.18 bits per heavy atom. The summed E-state index contributed by atoms with van der Waals surface area (Å²) in [4.78, 5) is 0. The summed E-state index contributed by atoms with van der Waals surface area (Å²) in [6.45, 7) is 1.95. The molecule has 0 heterocycles. The molecular weight excluding hydrogens is 478 g/mol. The average molecular weight is 507 g/mol. The molecule has 0 N–H and O–H groups in total. The van der Waals surface area contributed by atoms with Crippen LogP contribution < -0.4 is 0 Å². The minimum absolute atomic E-state index is 0. The van der Waals surface area contributed by atoms with Crippen LogP contribution in [0.15, 0.2) is 85.0 Å². The summed E-state index contributed by atoms with van der Waals surface area (Å²) in [6, 6.07) is 20.8. The second-order valence-electron chi connectivity index (χ2n) is 5.16. The summed E-state index contributed by atoms with van der Waals surface area (Å²) in [7, 11) is 0. The van der Waals surface area contributed by atoms with E-state index in [1.54, 1.807) is 23.3 Å². The van der Waals surface area contributed by atoms with Crippen LogP contribution >= 0.6 is 24.8 Å². The van der Waals surface area contributed by atoms with E-state index >= 15 is 0 Å². The van der Waals surface area contributed by atoms with Gasteiger partial charge in [-0.1, -0.05) is 60.7 Å². The van der Waals surface area contributed by atoms with Crippen LogP contribution in [-0.2, 0) is 23.3 Å². The van der Waals surface area contributed by atoms with E-state index in [0.717, 1.165) is 12.8 Å². The number of halogens is 2. The molecule has 2 aromatic carbocycles. The van der Waals surface area contributed by atoms with Gasteiger partial charge in [0, 0.05) is 0 Å². The van der Waals surface area contributed by atoms with E-state index in [1.165, 1.54) is 22.3 Å². The van der Waals surface area contributed by atoms with E-state index < -0.39 is 0 Å². The van der Waals surface area contributed by atoms with Crippen LogP contribution in [0.25, 0.3) is 11.1 Å². The van der Waals surface area contributed by atoms with Gasteiger partial charge < -0.3 is 14.9 Å². The molecule has 4 rings (SSSR count). The van der Waals surface area contributed by atoms with Crippen molar-refractivity contribution in [2.45, 2.75) is 12.8 Å². The van der Waals surface area contributed by atoms with Gasteiger partial charge in [-0.3, -0.25) is 12.2 Å². The fourth-order valence-corrected chi connectivity index (χ4v) is 2.46. The maximum absolute atomic E-state index is 3.15. The number of hydrogen-bond acceptors (Lipinski definition) is 0. The van der Waals surface area contributed by atoms with Crippen LogP contribution in [0.4, 0.5) is 0 Å². The Morgan fingerprint density at radius 2 is 0.929 bits per heavy atom. The second-order valence-corrected chi connectivity index (χ2v) is 5.16. The van der Waals surface area contributed by atoms with E-state index in [2.05, 4.69) is 85.0 Å². The first-order valence-electron chi connectivity index (χ1n) is 7.93. The predicted molar refractivity (Wildman–Crippen MR) is 130 cm³/mol. The molecule has 0 nitrogen and oxygen atoms in total.